The predicted molar refractivity (Wildman–Crippen MR) is 127 cm³/mol. The van der Waals surface area contributed by atoms with E-state index in [1.54, 1.807) is 23.9 Å². The first-order valence-electron chi connectivity index (χ1n) is 10.6. The van der Waals surface area contributed by atoms with E-state index in [9.17, 15) is 14.0 Å². The first-order valence-corrected chi connectivity index (χ1v) is 11.9. The average molecular weight is 451 g/mol. The molecular formula is C26H27FN2O2S. The summed E-state index contributed by atoms with van der Waals surface area (Å²) in [5.74, 6) is -1.18. The van der Waals surface area contributed by atoms with Crippen molar-refractivity contribution in [2.24, 2.45) is 5.41 Å². The van der Waals surface area contributed by atoms with Gasteiger partial charge in [-0.2, -0.15) is 0 Å². The molecule has 0 saturated carbocycles. The number of ketones is 1. The summed E-state index contributed by atoms with van der Waals surface area (Å²) in [5, 5.41) is 6.17. The molecule has 2 aliphatic rings. The predicted octanol–water partition coefficient (Wildman–Crippen LogP) is 5.79. The molecule has 0 bridgehead atoms. The van der Waals surface area contributed by atoms with Crippen molar-refractivity contribution in [2.75, 3.05) is 11.6 Å². The quantitative estimate of drug-likeness (QED) is 0.579. The second-order valence-corrected chi connectivity index (χ2v) is 10.0. The molecule has 2 aromatic rings. The lowest BCUT2D eigenvalue weighted by Gasteiger charge is -2.39. The summed E-state index contributed by atoms with van der Waals surface area (Å²) in [6.45, 7) is 6.04. The van der Waals surface area contributed by atoms with Crippen LogP contribution in [-0.4, -0.2) is 17.9 Å². The molecule has 1 aliphatic carbocycles. The molecule has 0 unspecified atom stereocenters. The second-order valence-electron chi connectivity index (χ2n) is 9.17. The summed E-state index contributed by atoms with van der Waals surface area (Å²) < 4.78 is 13.7. The molecule has 1 atom stereocenters. The Morgan fingerprint density at radius 3 is 2.53 bits per heavy atom. The third kappa shape index (κ3) is 4.37. The van der Waals surface area contributed by atoms with Crippen LogP contribution in [0.3, 0.4) is 0 Å². The van der Waals surface area contributed by atoms with Crippen LogP contribution in [0.5, 0.6) is 0 Å². The molecule has 2 N–H and O–H groups in total. The Bertz CT molecular complexity index is 1150. The molecule has 6 heteroatoms. The number of anilines is 1. The van der Waals surface area contributed by atoms with E-state index in [1.807, 2.05) is 37.4 Å². The van der Waals surface area contributed by atoms with Crippen molar-refractivity contribution in [3.8, 4) is 0 Å². The van der Waals surface area contributed by atoms with Crippen molar-refractivity contribution >= 4 is 29.1 Å². The molecule has 166 valence electrons. The summed E-state index contributed by atoms with van der Waals surface area (Å²) in [6, 6.07) is 13.8. The lowest BCUT2D eigenvalue weighted by molar-refractivity contribution is -0.118. The summed E-state index contributed by atoms with van der Waals surface area (Å²) in [7, 11) is 0. The zero-order valence-electron chi connectivity index (χ0n) is 18.7. The van der Waals surface area contributed by atoms with Gasteiger partial charge in [0.1, 0.15) is 5.82 Å². The summed E-state index contributed by atoms with van der Waals surface area (Å²) in [6.07, 6.45) is 3.18. The number of amides is 1. The van der Waals surface area contributed by atoms with Gasteiger partial charge in [0.25, 0.3) is 5.91 Å². The molecule has 0 aromatic heterocycles. The van der Waals surface area contributed by atoms with Gasteiger partial charge in [-0.3, -0.25) is 9.59 Å². The van der Waals surface area contributed by atoms with Gasteiger partial charge in [-0.15, -0.1) is 11.8 Å². The number of halogens is 1. The smallest absolute Gasteiger partial charge is 0.254 e. The van der Waals surface area contributed by atoms with Crippen LogP contribution in [0.1, 0.15) is 45.1 Å². The van der Waals surface area contributed by atoms with Crippen molar-refractivity contribution < 1.29 is 14.0 Å². The van der Waals surface area contributed by atoms with Gasteiger partial charge in [0, 0.05) is 45.5 Å². The minimum Gasteiger partial charge on any atom is -0.362 e. The largest absolute Gasteiger partial charge is 0.362 e. The number of allylic oxidation sites excluding steroid dienone is 3. The van der Waals surface area contributed by atoms with Crippen molar-refractivity contribution in [2.45, 2.75) is 44.4 Å². The van der Waals surface area contributed by atoms with Crippen LogP contribution in [0.25, 0.3) is 0 Å². The number of carbonyl (C=O) groups is 2. The molecule has 0 fully saturated rings. The highest BCUT2D eigenvalue weighted by Gasteiger charge is 2.42. The van der Waals surface area contributed by atoms with E-state index >= 15 is 0 Å². The normalized spacial score (nSPS) is 20.0. The van der Waals surface area contributed by atoms with E-state index < -0.39 is 11.7 Å². The summed E-state index contributed by atoms with van der Waals surface area (Å²) in [5.41, 5.74) is 3.88. The van der Waals surface area contributed by atoms with Gasteiger partial charge in [-0.05, 0) is 60.9 Å². The standard InChI is InChI=1S/C26H27FN2O2S/c1-15-22(25(31)29-18-7-5-6-17(27)12-18)23(16-8-10-19(32-4)11-9-16)24-20(28-15)13-26(2,3)14-21(24)30/h5-12,23,28H,13-14H2,1-4H3,(H,29,31)/t23-/m1/s1. The topological polar surface area (TPSA) is 58.2 Å². The van der Waals surface area contributed by atoms with Crippen molar-refractivity contribution in [1.29, 1.82) is 0 Å². The number of rotatable bonds is 4. The second kappa shape index (κ2) is 8.58. The minimum atomic E-state index is -0.473. The highest BCUT2D eigenvalue weighted by Crippen LogP contribution is 2.46. The van der Waals surface area contributed by atoms with Gasteiger partial charge in [-0.25, -0.2) is 4.39 Å². The third-order valence-corrected chi connectivity index (χ3v) is 6.76. The van der Waals surface area contributed by atoms with E-state index in [2.05, 4.69) is 24.5 Å². The number of dihydropyridines is 1. The fourth-order valence-corrected chi connectivity index (χ4v) is 5.04. The lowest BCUT2D eigenvalue weighted by atomic mass is 9.68. The maximum Gasteiger partial charge on any atom is 0.254 e. The molecule has 1 heterocycles. The maximum atomic E-state index is 13.7. The fourth-order valence-electron chi connectivity index (χ4n) is 4.63. The highest BCUT2D eigenvalue weighted by molar-refractivity contribution is 7.98. The number of hydrogen-bond donors (Lipinski definition) is 2. The third-order valence-electron chi connectivity index (χ3n) is 6.02. The van der Waals surface area contributed by atoms with Gasteiger partial charge in [0.15, 0.2) is 5.78 Å². The van der Waals surface area contributed by atoms with Crippen LogP contribution in [0, 0.1) is 11.2 Å². The van der Waals surface area contributed by atoms with Crippen LogP contribution in [0.2, 0.25) is 0 Å². The number of nitrogens with one attached hydrogen (secondary N) is 2. The molecule has 4 rings (SSSR count). The molecule has 1 amide bonds. The molecule has 32 heavy (non-hydrogen) atoms. The SMILES string of the molecule is CSc1ccc([C@@H]2C(C(=O)Nc3cccc(F)c3)=C(C)NC3=C2C(=O)CC(C)(C)C3)cc1. The van der Waals surface area contributed by atoms with E-state index in [-0.39, 0.29) is 17.1 Å². The van der Waals surface area contributed by atoms with E-state index in [4.69, 9.17) is 0 Å². The van der Waals surface area contributed by atoms with Gasteiger partial charge in [0.05, 0.1) is 0 Å². The lowest BCUT2D eigenvalue weighted by Crippen LogP contribution is -2.39. The van der Waals surface area contributed by atoms with E-state index in [1.165, 1.54) is 12.1 Å². The Labute approximate surface area is 192 Å². The van der Waals surface area contributed by atoms with Gasteiger partial charge < -0.3 is 10.6 Å². The number of benzene rings is 2. The molecule has 2 aromatic carbocycles. The first-order chi connectivity index (χ1) is 15.2. The Morgan fingerprint density at radius 1 is 1.16 bits per heavy atom. The van der Waals surface area contributed by atoms with E-state index in [0.717, 1.165) is 22.6 Å². The van der Waals surface area contributed by atoms with Crippen LogP contribution in [0.15, 0.2) is 76.0 Å². The number of Topliss-reactive ketones (excluding diaryl/α,β-unsaturated/α-hetero) is 1. The van der Waals surface area contributed by atoms with Crippen molar-refractivity contribution in [3.63, 3.8) is 0 Å². The minimum absolute atomic E-state index is 0.0613. The fraction of sp³-hybridized carbons (Fsp3) is 0.308. The zero-order chi connectivity index (χ0) is 23.0. The number of thioether (sulfide) groups is 1. The van der Waals surface area contributed by atoms with Gasteiger partial charge in [-0.1, -0.05) is 32.0 Å². The van der Waals surface area contributed by atoms with Crippen LogP contribution < -0.4 is 10.6 Å². The maximum absolute atomic E-state index is 13.7. The van der Waals surface area contributed by atoms with Crippen LogP contribution in [0.4, 0.5) is 10.1 Å². The van der Waals surface area contributed by atoms with Crippen molar-refractivity contribution in [3.05, 3.63) is 82.5 Å². The molecular weight excluding hydrogens is 423 g/mol. The zero-order valence-corrected chi connectivity index (χ0v) is 19.5. The Balaban J connectivity index is 1.80. The Morgan fingerprint density at radius 2 is 1.88 bits per heavy atom. The monoisotopic (exact) mass is 450 g/mol. The van der Waals surface area contributed by atoms with E-state index in [0.29, 0.717) is 29.0 Å². The summed E-state index contributed by atoms with van der Waals surface area (Å²) in [4.78, 5) is 27.9. The molecule has 4 nitrogen and oxygen atoms in total. The number of carbonyl (C=O) groups excluding carboxylic acids is 2. The first kappa shape index (κ1) is 22.3. The van der Waals surface area contributed by atoms with Crippen LogP contribution >= 0.6 is 11.8 Å². The Kier molecular flexibility index (Phi) is 5.99. The summed E-state index contributed by atoms with van der Waals surface area (Å²) >= 11 is 1.64. The average Bonchev–Trinajstić information content (AvgIpc) is 2.71. The Hall–Kier alpha value is -2.86. The van der Waals surface area contributed by atoms with Gasteiger partial charge in [0.2, 0.25) is 0 Å². The molecule has 0 spiro atoms. The van der Waals surface area contributed by atoms with Crippen LogP contribution in [-0.2, 0) is 9.59 Å². The number of hydrogen-bond acceptors (Lipinski definition) is 4. The van der Waals surface area contributed by atoms with Crippen molar-refractivity contribution in [1.82, 2.24) is 5.32 Å². The molecule has 0 saturated heterocycles. The highest BCUT2D eigenvalue weighted by atomic mass is 32.2. The molecule has 1 aliphatic heterocycles. The molecule has 0 radical (unpaired) electrons. The van der Waals surface area contributed by atoms with Gasteiger partial charge >= 0.3 is 0 Å².